The standard InChI is InChI=1S/C25H31N5O/c1-5-16-6-8-17(9-7-16)19-10-11-20-24(28-19)22(15(2)3)23(29-20)18-12-21(31-4)25-26-14-27-30(25)13-18/h10-17,29H,5-9H2,1-4H3. The van der Waals surface area contributed by atoms with Gasteiger partial charge in [0.05, 0.1) is 23.8 Å². The molecule has 0 spiro atoms. The first-order valence-corrected chi connectivity index (χ1v) is 11.5. The van der Waals surface area contributed by atoms with E-state index in [0.29, 0.717) is 17.6 Å². The summed E-state index contributed by atoms with van der Waals surface area (Å²) < 4.78 is 7.36. The molecule has 31 heavy (non-hydrogen) atoms. The van der Waals surface area contributed by atoms with Crippen molar-refractivity contribution in [3.63, 3.8) is 0 Å². The van der Waals surface area contributed by atoms with Gasteiger partial charge >= 0.3 is 0 Å². The van der Waals surface area contributed by atoms with Crippen LogP contribution in [0.5, 0.6) is 5.75 Å². The number of fused-ring (bicyclic) bond motifs is 2. The summed E-state index contributed by atoms with van der Waals surface area (Å²) in [4.78, 5) is 13.2. The lowest BCUT2D eigenvalue weighted by molar-refractivity contribution is 0.316. The lowest BCUT2D eigenvalue weighted by Crippen LogP contribution is -2.13. The maximum Gasteiger partial charge on any atom is 0.197 e. The van der Waals surface area contributed by atoms with E-state index < -0.39 is 0 Å². The molecule has 0 unspecified atom stereocenters. The summed E-state index contributed by atoms with van der Waals surface area (Å²) >= 11 is 0. The third-order valence-corrected chi connectivity index (χ3v) is 6.97. The Morgan fingerprint density at radius 1 is 1.19 bits per heavy atom. The SMILES string of the molecule is CCC1CCC(c2ccc3[nH]c(-c4cc(OC)c5ncnn5c4)c(C(C)C)c3n2)CC1. The molecule has 0 aliphatic heterocycles. The molecule has 6 heteroatoms. The predicted octanol–water partition coefficient (Wildman–Crippen LogP) is 6.09. The fraction of sp³-hybridized carbons (Fsp3) is 0.480. The lowest BCUT2D eigenvalue weighted by Gasteiger charge is -2.27. The van der Waals surface area contributed by atoms with E-state index in [-0.39, 0.29) is 0 Å². The highest BCUT2D eigenvalue weighted by molar-refractivity contribution is 5.89. The number of hydrogen-bond donors (Lipinski definition) is 1. The first kappa shape index (κ1) is 20.0. The van der Waals surface area contributed by atoms with Gasteiger partial charge in [0.2, 0.25) is 0 Å². The molecule has 1 saturated carbocycles. The van der Waals surface area contributed by atoms with Gasteiger partial charge in [0.25, 0.3) is 0 Å². The van der Waals surface area contributed by atoms with Crippen LogP contribution in [-0.2, 0) is 0 Å². The molecular formula is C25H31N5O. The van der Waals surface area contributed by atoms with Crippen molar-refractivity contribution in [2.45, 2.75) is 64.7 Å². The van der Waals surface area contributed by atoms with Crippen LogP contribution in [0, 0.1) is 5.92 Å². The van der Waals surface area contributed by atoms with E-state index in [9.17, 15) is 0 Å². The van der Waals surface area contributed by atoms with Crippen molar-refractivity contribution in [1.82, 2.24) is 24.6 Å². The van der Waals surface area contributed by atoms with Crippen LogP contribution in [-0.4, -0.2) is 31.7 Å². The van der Waals surface area contributed by atoms with Crippen molar-refractivity contribution >= 4 is 16.7 Å². The third kappa shape index (κ3) is 3.48. The second kappa shape index (κ2) is 7.98. The fourth-order valence-corrected chi connectivity index (χ4v) is 5.17. The molecule has 0 aromatic carbocycles. The van der Waals surface area contributed by atoms with E-state index in [1.165, 1.54) is 43.4 Å². The first-order chi connectivity index (χ1) is 15.1. The van der Waals surface area contributed by atoms with Crippen molar-refractivity contribution in [2.75, 3.05) is 7.11 Å². The number of hydrogen-bond acceptors (Lipinski definition) is 4. The minimum absolute atomic E-state index is 0.333. The molecule has 5 rings (SSSR count). The number of aromatic amines is 1. The Bertz CT molecular complexity index is 1210. The molecular weight excluding hydrogens is 386 g/mol. The average Bonchev–Trinajstić information content (AvgIpc) is 3.42. The summed E-state index contributed by atoms with van der Waals surface area (Å²) in [5.74, 6) is 2.52. The van der Waals surface area contributed by atoms with Gasteiger partial charge in [0, 0.05) is 28.9 Å². The van der Waals surface area contributed by atoms with Gasteiger partial charge in [-0.15, -0.1) is 0 Å². The molecule has 1 fully saturated rings. The van der Waals surface area contributed by atoms with Crippen LogP contribution >= 0.6 is 0 Å². The number of nitrogens with one attached hydrogen (secondary N) is 1. The quantitative estimate of drug-likeness (QED) is 0.427. The first-order valence-electron chi connectivity index (χ1n) is 11.5. The number of H-pyrrole nitrogens is 1. The zero-order valence-corrected chi connectivity index (χ0v) is 18.9. The largest absolute Gasteiger partial charge is 0.493 e. The Hall–Kier alpha value is -2.89. The molecule has 4 aromatic heterocycles. The van der Waals surface area contributed by atoms with Crippen LogP contribution in [0.1, 0.15) is 76.0 Å². The van der Waals surface area contributed by atoms with Crippen LogP contribution in [0.25, 0.3) is 27.9 Å². The summed E-state index contributed by atoms with van der Waals surface area (Å²) in [6.45, 7) is 6.79. The Labute approximate surface area is 183 Å². The molecule has 0 amide bonds. The molecule has 162 valence electrons. The van der Waals surface area contributed by atoms with E-state index >= 15 is 0 Å². The van der Waals surface area contributed by atoms with Gasteiger partial charge in [-0.05, 0) is 55.7 Å². The smallest absolute Gasteiger partial charge is 0.197 e. The third-order valence-electron chi connectivity index (χ3n) is 6.97. The van der Waals surface area contributed by atoms with Crippen LogP contribution in [0.3, 0.4) is 0 Å². The van der Waals surface area contributed by atoms with Gasteiger partial charge in [-0.25, -0.2) is 9.50 Å². The van der Waals surface area contributed by atoms with E-state index in [4.69, 9.17) is 9.72 Å². The number of rotatable bonds is 5. The van der Waals surface area contributed by atoms with Crippen molar-refractivity contribution in [1.29, 1.82) is 0 Å². The van der Waals surface area contributed by atoms with Crippen molar-refractivity contribution < 1.29 is 4.74 Å². The minimum atomic E-state index is 0.333. The van der Waals surface area contributed by atoms with Crippen molar-refractivity contribution in [3.8, 4) is 17.0 Å². The van der Waals surface area contributed by atoms with Gasteiger partial charge in [0.15, 0.2) is 11.4 Å². The average molecular weight is 418 g/mol. The van der Waals surface area contributed by atoms with Crippen LogP contribution in [0.2, 0.25) is 0 Å². The Morgan fingerprint density at radius 2 is 2.00 bits per heavy atom. The van der Waals surface area contributed by atoms with E-state index in [1.54, 1.807) is 18.0 Å². The number of methoxy groups -OCH3 is 1. The maximum atomic E-state index is 5.59. The Kier molecular flexibility index (Phi) is 5.16. The van der Waals surface area contributed by atoms with Crippen molar-refractivity contribution in [3.05, 3.63) is 42.0 Å². The summed E-state index contributed by atoms with van der Waals surface area (Å²) in [7, 11) is 1.67. The van der Waals surface area contributed by atoms with E-state index in [2.05, 4.69) is 48.0 Å². The number of pyridine rings is 2. The second-order valence-corrected chi connectivity index (χ2v) is 9.15. The highest BCUT2D eigenvalue weighted by Crippen LogP contribution is 2.40. The summed E-state index contributed by atoms with van der Waals surface area (Å²) in [6.07, 6.45) is 10.0. The lowest BCUT2D eigenvalue weighted by atomic mass is 9.79. The molecule has 4 aromatic rings. The number of nitrogens with zero attached hydrogens (tertiary/aromatic N) is 4. The highest BCUT2D eigenvalue weighted by atomic mass is 16.5. The molecule has 4 heterocycles. The molecule has 1 N–H and O–H groups in total. The normalized spacial score (nSPS) is 19.5. The second-order valence-electron chi connectivity index (χ2n) is 9.15. The molecule has 0 bridgehead atoms. The van der Waals surface area contributed by atoms with Gasteiger partial charge in [0.1, 0.15) is 6.33 Å². The fourth-order valence-electron chi connectivity index (χ4n) is 5.17. The van der Waals surface area contributed by atoms with Crippen LogP contribution < -0.4 is 4.74 Å². The summed E-state index contributed by atoms with van der Waals surface area (Å²) in [5, 5.41) is 4.33. The minimum Gasteiger partial charge on any atom is -0.493 e. The predicted molar refractivity (Wildman–Crippen MR) is 124 cm³/mol. The molecule has 1 aliphatic rings. The summed E-state index contributed by atoms with van der Waals surface area (Å²) in [6, 6.07) is 6.47. The molecule has 0 radical (unpaired) electrons. The topological polar surface area (TPSA) is 68.1 Å². The maximum absolute atomic E-state index is 5.59. The Balaban J connectivity index is 1.60. The number of ether oxygens (including phenoxy) is 1. The molecule has 0 saturated heterocycles. The zero-order chi connectivity index (χ0) is 21.5. The van der Waals surface area contributed by atoms with E-state index in [0.717, 1.165) is 33.9 Å². The van der Waals surface area contributed by atoms with Gasteiger partial charge in [-0.1, -0.05) is 27.2 Å². The van der Waals surface area contributed by atoms with Crippen LogP contribution in [0.4, 0.5) is 0 Å². The molecule has 6 nitrogen and oxygen atoms in total. The highest BCUT2D eigenvalue weighted by Gasteiger charge is 2.24. The van der Waals surface area contributed by atoms with Gasteiger partial charge < -0.3 is 9.72 Å². The monoisotopic (exact) mass is 417 g/mol. The number of aromatic nitrogens is 5. The van der Waals surface area contributed by atoms with Crippen molar-refractivity contribution in [2.24, 2.45) is 5.92 Å². The van der Waals surface area contributed by atoms with Gasteiger partial charge in [-0.2, -0.15) is 5.10 Å². The molecule has 1 aliphatic carbocycles. The Morgan fingerprint density at radius 3 is 2.71 bits per heavy atom. The zero-order valence-electron chi connectivity index (χ0n) is 18.9. The summed E-state index contributed by atoms with van der Waals surface area (Å²) in [5.41, 5.74) is 7.51. The van der Waals surface area contributed by atoms with E-state index in [1.807, 2.05) is 12.3 Å². The van der Waals surface area contributed by atoms with Gasteiger partial charge in [-0.3, -0.25) is 4.98 Å². The molecule has 0 atom stereocenters. The van der Waals surface area contributed by atoms with Crippen LogP contribution in [0.15, 0.2) is 30.7 Å².